The molecule has 0 amide bonds. The summed E-state index contributed by atoms with van der Waals surface area (Å²) in [7, 11) is 0. The number of hydrogen-bond acceptors (Lipinski definition) is 6. The Hall–Kier alpha value is -2.03. The van der Waals surface area contributed by atoms with Gasteiger partial charge in [-0.2, -0.15) is 0 Å². The van der Waals surface area contributed by atoms with Gasteiger partial charge in [0, 0.05) is 12.6 Å². The van der Waals surface area contributed by atoms with Gasteiger partial charge in [0.15, 0.2) is 5.82 Å². The molecular formula is C10H11BrN6O2. The van der Waals surface area contributed by atoms with Crippen LogP contribution in [-0.2, 0) is 13.1 Å². The first-order valence-corrected chi connectivity index (χ1v) is 6.31. The Morgan fingerprint density at radius 1 is 1.58 bits per heavy atom. The summed E-state index contributed by atoms with van der Waals surface area (Å²) in [5.41, 5.74) is -0.0610. The van der Waals surface area contributed by atoms with Crippen molar-refractivity contribution in [2.45, 2.75) is 20.0 Å². The van der Waals surface area contributed by atoms with Gasteiger partial charge in [-0.25, -0.2) is 4.98 Å². The average Bonchev–Trinajstić information content (AvgIpc) is 2.84. The molecule has 0 aromatic carbocycles. The Labute approximate surface area is 117 Å². The maximum absolute atomic E-state index is 10.6. The predicted octanol–water partition coefficient (Wildman–Crippen LogP) is 1.98. The quantitative estimate of drug-likeness (QED) is 0.666. The van der Waals surface area contributed by atoms with Crippen LogP contribution in [0.3, 0.4) is 0 Å². The zero-order chi connectivity index (χ0) is 13.8. The summed E-state index contributed by atoms with van der Waals surface area (Å²) >= 11 is 3.24. The molecule has 2 heterocycles. The summed E-state index contributed by atoms with van der Waals surface area (Å²) in [6.45, 7) is 3.21. The van der Waals surface area contributed by atoms with Crippen LogP contribution in [0, 0.1) is 10.1 Å². The largest absolute Gasteiger partial charge is 0.362 e. The van der Waals surface area contributed by atoms with Crippen LogP contribution >= 0.6 is 15.9 Å². The van der Waals surface area contributed by atoms with Gasteiger partial charge in [0.1, 0.15) is 18.3 Å². The third kappa shape index (κ3) is 3.05. The number of nitrogens with zero attached hydrogens (tertiary/aromatic N) is 5. The molecule has 2 aromatic heterocycles. The zero-order valence-electron chi connectivity index (χ0n) is 10.1. The highest BCUT2D eigenvalue weighted by Gasteiger charge is 2.11. The highest BCUT2D eigenvalue weighted by atomic mass is 79.9. The average molecular weight is 327 g/mol. The van der Waals surface area contributed by atoms with Gasteiger partial charge in [0.2, 0.25) is 0 Å². The van der Waals surface area contributed by atoms with Crippen LogP contribution in [0.15, 0.2) is 23.1 Å². The molecule has 0 radical (unpaired) electrons. The van der Waals surface area contributed by atoms with Crippen LogP contribution in [0.5, 0.6) is 0 Å². The maximum atomic E-state index is 10.6. The molecular weight excluding hydrogens is 316 g/mol. The van der Waals surface area contributed by atoms with Crippen LogP contribution in [0.1, 0.15) is 12.7 Å². The molecule has 19 heavy (non-hydrogen) atoms. The summed E-state index contributed by atoms with van der Waals surface area (Å²) in [4.78, 5) is 14.1. The number of nitrogens with one attached hydrogen (secondary N) is 1. The first-order valence-electron chi connectivity index (χ1n) is 5.52. The molecule has 8 nitrogen and oxygen atoms in total. The molecule has 0 unspecified atom stereocenters. The number of aryl methyl sites for hydroxylation is 1. The van der Waals surface area contributed by atoms with E-state index < -0.39 is 4.92 Å². The number of aromatic nitrogens is 4. The first kappa shape index (κ1) is 13.4. The number of halogens is 1. The van der Waals surface area contributed by atoms with Crippen molar-refractivity contribution in [2.24, 2.45) is 0 Å². The SMILES string of the molecule is CCn1cnnc1CNc1ncc([N+](=O)[O-])cc1Br. The normalized spacial score (nSPS) is 10.4. The Morgan fingerprint density at radius 3 is 3.00 bits per heavy atom. The fourth-order valence-electron chi connectivity index (χ4n) is 1.50. The van der Waals surface area contributed by atoms with Crippen molar-refractivity contribution in [1.29, 1.82) is 0 Å². The molecule has 0 atom stereocenters. The lowest BCUT2D eigenvalue weighted by molar-refractivity contribution is -0.385. The minimum atomic E-state index is -0.491. The molecule has 1 N–H and O–H groups in total. The lowest BCUT2D eigenvalue weighted by Gasteiger charge is -2.07. The fourth-order valence-corrected chi connectivity index (χ4v) is 1.98. The van der Waals surface area contributed by atoms with Crippen LogP contribution in [0.25, 0.3) is 0 Å². The van der Waals surface area contributed by atoms with Crippen molar-refractivity contribution < 1.29 is 4.92 Å². The highest BCUT2D eigenvalue weighted by molar-refractivity contribution is 9.10. The monoisotopic (exact) mass is 326 g/mol. The van der Waals surface area contributed by atoms with E-state index in [1.807, 2.05) is 11.5 Å². The van der Waals surface area contributed by atoms with E-state index in [4.69, 9.17) is 0 Å². The van der Waals surface area contributed by atoms with Crippen molar-refractivity contribution in [1.82, 2.24) is 19.7 Å². The second kappa shape index (κ2) is 5.74. The smallest absolute Gasteiger partial charge is 0.288 e. The van der Waals surface area contributed by atoms with Crippen LogP contribution < -0.4 is 5.32 Å². The molecule has 100 valence electrons. The second-order valence-corrected chi connectivity index (χ2v) is 4.52. The molecule has 0 spiro atoms. The number of rotatable bonds is 5. The molecule has 0 aliphatic rings. The van der Waals surface area contributed by atoms with Crippen molar-refractivity contribution in [3.8, 4) is 0 Å². The molecule has 0 saturated heterocycles. The Morgan fingerprint density at radius 2 is 2.37 bits per heavy atom. The lowest BCUT2D eigenvalue weighted by Crippen LogP contribution is -2.09. The van der Waals surface area contributed by atoms with Gasteiger partial charge < -0.3 is 9.88 Å². The van der Waals surface area contributed by atoms with E-state index in [-0.39, 0.29) is 5.69 Å². The number of pyridine rings is 1. The third-order valence-corrected chi connectivity index (χ3v) is 3.09. The van der Waals surface area contributed by atoms with Gasteiger partial charge in [-0.1, -0.05) is 0 Å². The van der Waals surface area contributed by atoms with E-state index in [0.717, 1.165) is 12.4 Å². The van der Waals surface area contributed by atoms with E-state index in [2.05, 4.69) is 36.4 Å². The van der Waals surface area contributed by atoms with E-state index in [1.54, 1.807) is 6.33 Å². The molecule has 9 heteroatoms. The highest BCUT2D eigenvalue weighted by Crippen LogP contribution is 2.24. The predicted molar refractivity (Wildman–Crippen MR) is 71.6 cm³/mol. The van der Waals surface area contributed by atoms with Crippen LogP contribution in [0.4, 0.5) is 11.5 Å². The standard InChI is InChI=1S/C10H11BrN6O2/c1-2-16-6-14-15-9(16)5-13-10-8(11)3-7(4-12-10)17(18)19/h3-4,6H,2,5H2,1H3,(H,12,13). The van der Waals surface area contributed by atoms with Gasteiger partial charge in [-0.05, 0) is 22.9 Å². The second-order valence-electron chi connectivity index (χ2n) is 3.67. The minimum absolute atomic E-state index is 0.0610. The van der Waals surface area contributed by atoms with Crippen molar-refractivity contribution >= 4 is 27.4 Å². The molecule has 0 aliphatic heterocycles. The zero-order valence-corrected chi connectivity index (χ0v) is 11.7. The molecule has 0 bridgehead atoms. The molecule has 0 fully saturated rings. The summed E-state index contributed by atoms with van der Waals surface area (Å²) in [6, 6.07) is 1.40. The summed E-state index contributed by atoms with van der Waals surface area (Å²) < 4.78 is 2.43. The topological polar surface area (TPSA) is 98.8 Å². The fraction of sp³-hybridized carbons (Fsp3) is 0.300. The molecule has 2 rings (SSSR count). The molecule has 2 aromatic rings. The van der Waals surface area contributed by atoms with Crippen molar-refractivity contribution in [2.75, 3.05) is 5.32 Å². The van der Waals surface area contributed by atoms with E-state index in [0.29, 0.717) is 16.8 Å². The van der Waals surface area contributed by atoms with Gasteiger partial charge >= 0.3 is 0 Å². The Kier molecular flexibility index (Phi) is 4.05. The van der Waals surface area contributed by atoms with E-state index in [1.165, 1.54) is 12.3 Å². The summed E-state index contributed by atoms with van der Waals surface area (Å²) in [6.07, 6.45) is 2.85. The number of hydrogen-bond donors (Lipinski definition) is 1. The third-order valence-electron chi connectivity index (χ3n) is 2.49. The van der Waals surface area contributed by atoms with Crippen molar-refractivity contribution in [3.05, 3.63) is 39.0 Å². The first-order chi connectivity index (χ1) is 9.11. The van der Waals surface area contributed by atoms with Crippen LogP contribution in [-0.4, -0.2) is 24.7 Å². The Balaban J connectivity index is 2.10. The van der Waals surface area contributed by atoms with Gasteiger partial charge in [0.25, 0.3) is 5.69 Å². The molecule has 0 aliphatic carbocycles. The molecule has 0 saturated carbocycles. The van der Waals surface area contributed by atoms with Gasteiger partial charge in [0.05, 0.1) is 15.9 Å². The van der Waals surface area contributed by atoms with Gasteiger partial charge in [-0.15, -0.1) is 10.2 Å². The number of anilines is 1. The van der Waals surface area contributed by atoms with Gasteiger partial charge in [-0.3, -0.25) is 10.1 Å². The summed E-state index contributed by atoms with van der Waals surface area (Å²) in [5.74, 6) is 1.30. The Bertz CT molecular complexity index is 599. The van der Waals surface area contributed by atoms with Crippen molar-refractivity contribution in [3.63, 3.8) is 0 Å². The maximum Gasteiger partial charge on any atom is 0.288 e. The summed E-state index contributed by atoms with van der Waals surface area (Å²) in [5, 5.41) is 21.4. The van der Waals surface area contributed by atoms with E-state index >= 15 is 0 Å². The lowest BCUT2D eigenvalue weighted by atomic mass is 10.4. The number of nitro groups is 1. The van der Waals surface area contributed by atoms with Crippen LogP contribution in [0.2, 0.25) is 0 Å². The minimum Gasteiger partial charge on any atom is -0.362 e. The van der Waals surface area contributed by atoms with E-state index in [9.17, 15) is 10.1 Å².